The third-order valence-electron chi connectivity index (χ3n) is 3.33. The second-order valence-corrected chi connectivity index (χ2v) is 5.95. The fourth-order valence-electron chi connectivity index (χ4n) is 2.29. The summed E-state index contributed by atoms with van der Waals surface area (Å²) in [6.45, 7) is 2.13. The second kappa shape index (κ2) is 5.77. The van der Waals surface area contributed by atoms with Gasteiger partial charge in [-0.3, -0.25) is 0 Å². The van der Waals surface area contributed by atoms with E-state index in [0.29, 0.717) is 12.2 Å². The topological polar surface area (TPSA) is 37.8 Å². The first kappa shape index (κ1) is 13.9. The highest BCUT2D eigenvalue weighted by molar-refractivity contribution is 7.18. The number of hydrogen-bond acceptors (Lipinski definition) is 4. The molecule has 0 unspecified atom stereocenters. The summed E-state index contributed by atoms with van der Waals surface area (Å²) in [6.07, 6.45) is 1.52. The Kier molecular flexibility index (Phi) is 3.84. The third-order valence-corrected chi connectivity index (χ3v) is 4.50. The van der Waals surface area contributed by atoms with Gasteiger partial charge in [0.25, 0.3) is 0 Å². The summed E-state index contributed by atoms with van der Waals surface area (Å²) in [6, 6.07) is 8.71. The predicted octanol–water partition coefficient (Wildman–Crippen LogP) is 4.03. The average molecular weight is 301 g/mol. The van der Waals surface area contributed by atoms with Crippen molar-refractivity contribution in [3.63, 3.8) is 0 Å². The molecule has 0 atom stereocenters. The van der Waals surface area contributed by atoms with Gasteiger partial charge in [0.2, 0.25) is 0 Å². The maximum atomic E-state index is 13.3. The molecule has 0 saturated carbocycles. The number of nitrogens with zero attached hydrogens (tertiary/aromatic N) is 2. The molecule has 3 aromatic rings. The first-order valence-electron chi connectivity index (χ1n) is 6.91. The molecule has 0 bridgehead atoms. The van der Waals surface area contributed by atoms with Crippen LogP contribution in [0.5, 0.6) is 0 Å². The van der Waals surface area contributed by atoms with Crippen molar-refractivity contribution in [3.05, 3.63) is 52.4 Å². The molecular formula is C16H16FN3S. The van der Waals surface area contributed by atoms with E-state index in [1.165, 1.54) is 17.0 Å². The highest BCUT2D eigenvalue weighted by Crippen LogP contribution is 2.29. The van der Waals surface area contributed by atoms with Crippen LogP contribution in [0.4, 0.5) is 10.2 Å². The van der Waals surface area contributed by atoms with Gasteiger partial charge in [-0.2, -0.15) is 0 Å². The van der Waals surface area contributed by atoms with E-state index in [0.717, 1.165) is 28.0 Å². The van der Waals surface area contributed by atoms with Crippen LogP contribution in [0, 0.1) is 5.82 Å². The average Bonchev–Trinajstić information content (AvgIpc) is 2.89. The number of thiophene rings is 1. The summed E-state index contributed by atoms with van der Waals surface area (Å²) < 4.78 is 13.3. The van der Waals surface area contributed by atoms with Crippen molar-refractivity contribution in [2.24, 2.45) is 0 Å². The SMILES string of the molecule is CCc1cc2c(NC)nc(Cc3cccc(F)c3)nc2s1. The molecule has 0 spiro atoms. The van der Waals surface area contributed by atoms with Crippen LogP contribution in [0.1, 0.15) is 23.2 Å². The summed E-state index contributed by atoms with van der Waals surface area (Å²) in [5.41, 5.74) is 0.878. The zero-order valence-electron chi connectivity index (χ0n) is 12.0. The number of halogens is 1. The van der Waals surface area contributed by atoms with E-state index in [1.54, 1.807) is 17.4 Å². The molecule has 2 heterocycles. The van der Waals surface area contributed by atoms with Crippen LogP contribution in [0.25, 0.3) is 10.2 Å². The van der Waals surface area contributed by atoms with Crippen LogP contribution in [0.15, 0.2) is 30.3 Å². The minimum Gasteiger partial charge on any atom is -0.372 e. The summed E-state index contributed by atoms with van der Waals surface area (Å²) in [5.74, 6) is 1.32. The summed E-state index contributed by atoms with van der Waals surface area (Å²) in [4.78, 5) is 11.5. The molecule has 1 N–H and O–H groups in total. The van der Waals surface area contributed by atoms with E-state index in [4.69, 9.17) is 0 Å². The van der Waals surface area contributed by atoms with Crippen molar-refractivity contribution in [1.82, 2.24) is 9.97 Å². The Morgan fingerprint density at radius 1 is 1.24 bits per heavy atom. The van der Waals surface area contributed by atoms with Gasteiger partial charge in [-0.1, -0.05) is 19.1 Å². The number of fused-ring (bicyclic) bond motifs is 1. The van der Waals surface area contributed by atoms with Gasteiger partial charge in [-0.25, -0.2) is 14.4 Å². The van der Waals surface area contributed by atoms with E-state index in [9.17, 15) is 4.39 Å². The molecular weight excluding hydrogens is 285 g/mol. The Balaban J connectivity index is 2.02. The Bertz CT molecular complexity index is 782. The second-order valence-electron chi connectivity index (χ2n) is 4.83. The van der Waals surface area contributed by atoms with E-state index >= 15 is 0 Å². The number of benzene rings is 1. The van der Waals surface area contributed by atoms with Crippen LogP contribution >= 0.6 is 11.3 Å². The highest BCUT2D eigenvalue weighted by Gasteiger charge is 2.11. The quantitative estimate of drug-likeness (QED) is 0.790. The van der Waals surface area contributed by atoms with Crippen molar-refractivity contribution in [2.45, 2.75) is 19.8 Å². The highest BCUT2D eigenvalue weighted by atomic mass is 32.1. The first-order chi connectivity index (χ1) is 10.2. The van der Waals surface area contributed by atoms with Gasteiger partial charge in [-0.05, 0) is 30.2 Å². The van der Waals surface area contributed by atoms with E-state index in [1.807, 2.05) is 13.1 Å². The first-order valence-corrected chi connectivity index (χ1v) is 7.72. The van der Waals surface area contributed by atoms with Crippen LogP contribution in [-0.2, 0) is 12.8 Å². The van der Waals surface area contributed by atoms with Gasteiger partial charge in [-0.15, -0.1) is 11.3 Å². The van der Waals surface area contributed by atoms with E-state index < -0.39 is 0 Å². The molecule has 3 rings (SSSR count). The molecule has 0 fully saturated rings. The summed E-state index contributed by atoms with van der Waals surface area (Å²) >= 11 is 1.69. The monoisotopic (exact) mass is 301 g/mol. The molecule has 0 radical (unpaired) electrons. The normalized spacial score (nSPS) is 11.0. The van der Waals surface area contributed by atoms with E-state index in [-0.39, 0.29) is 5.82 Å². The zero-order valence-corrected chi connectivity index (χ0v) is 12.8. The van der Waals surface area contributed by atoms with Crippen LogP contribution in [0.3, 0.4) is 0 Å². The van der Waals surface area contributed by atoms with Crippen molar-refractivity contribution in [2.75, 3.05) is 12.4 Å². The van der Waals surface area contributed by atoms with Crippen molar-refractivity contribution < 1.29 is 4.39 Å². The Labute approximate surface area is 126 Å². The number of aromatic nitrogens is 2. The Morgan fingerprint density at radius 2 is 2.10 bits per heavy atom. The Hall–Kier alpha value is -2.01. The number of rotatable bonds is 4. The fraction of sp³-hybridized carbons (Fsp3) is 0.250. The van der Waals surface area contributed by atoms with Crippen LogP contribution in [0.2, 0.25) is 0 Å². The lowest BCUT2D eigenvalue weighted by molar-refractivity contribution is 0.626. The summed E-state index contributed by atoms with van der Waals surface area (Å²) in [5, 5.41) is 4.18. The standard InChI is InChI=1S/C16H16FN3S/c1-3-12-9-13-15(18-2)19-14(20-16(13)21-12)8-10-5-4-6-11(17)7-10/h4-7,9H,3,8H2,1-2H3,(H,18,19,20). The Morgan fingerprint density at radius 3 is 2.81 bits per heavy atom. The lowest BCUT2D eigenvalue weighted by Gasteiger charge is -2.05. The van der Waals surface area contributed by atoms with Gasteiger partial charge < -0.3 is 5.32 Å². The molecule has 0 amide bonds. The minimum absolute atomic E-state index is 0.230. The van der Waals surface area contributed by atoms with Crippen LogP contribution < -0.4 is 5.32 Å². The van der Waals surface area contributed by atoms with Crippen LogP contribution in [-0.4, -0.2) is 17.0 Å². The molecule has 0 aliphatic rings. The smallest absolute Gasteiger partial charge is 0.138 e. The lowest BCUT2D eigenvalue weighted by Crippen LogP contribution is -2.01. The zero-order chi connectivity index (χ0) is 14.8. The molecule has 108 valence electrons. The lowest BCUT2D eigenvalue weighted by atomic mass is 10.1. The summed E-state index contributed by atoms with van der Waals surface area (Å²) in [7, 11) is 1.86. The van der Waals surface area contributed by atoms with Crippen molar-refractivity contribution in [1.29, 1.82) is 0 Å². The fourth-order valence-corrected chi connectivity index (χ4v) is 3.27. The molecule has 5 heteroatoms. The minimum atomic E-state index is -0.230. The van der Waals surface area contributed by atoms with Crippen molar-refractivity contribution >= 4 is 27.4 Å². The number of aryl methyl sites for hydroxylation is 1. The molecule has 0 aliphatic carbocycles. The number of anilines is 1. The maximum absolute atomic E-state index is 13.3. The number of nitrogens with one attached hydrogen (secondary N) is 1. The number of hydrogen-bond donors (Lipinski definition) is 1. The third kappa shape index (κ3) is 2.88. The van der Waals surface area contributed by atoms with Gasteiger partial charge in [0.05, 0.1) is 5.39 Å². The van der Waals surface area contributed by atoms with Gasteiger partial charge in [0.15, 0.2) is 0 Å². The predicted molar refractivity (Wildman–Crippen MR) is 85.5 cm³/mol. The largest absolute Gasteiger partial charge is 0.372 e. The molecule has 3 nitrogen and oxygen atoms in total. The molecule has 21 heavy (non-hydrogen) atoms. The van der Waals surface area contributed by atoms with Gasteiger partial charge in [0, 0.05) is 18.3 Å². The molecule has 1 aromatic carbocycles. The van der Waals surface area contributed by atoms with Crippen molar-refractivity contribution in [3.8, 4) is 0 Å². The molecule has 0 aliphatic heterocycles. The van der Waals surface area contributed by atoms with E-state index in [2.05, 4.69) is 28.3 Å². The molecule has 0 saturated heterocycles. The molecule has 2 aromatic heterocycles. The van der Waals surface area contributed by atoms with Gasteiger partial charge >= 0.3 is 0 Å². The maximum Gasteiger partial charge on any atom is 0.138 e. The van der Waals surface area contributed by atoms with Gasteiger partial charge in [0.1, 0.15) is 22.3 Å².